The fourth-order valence-electron chi connectivity index (χ4n) is 3.80. The van der Waals surface area contributed by atoms with E-state index in [1.54, 1.807) is 6.92 Å². The first-order valence-corrected chi connectivity index (χ1v) is 14.1. The number of ether oxygens (including phenoxy) is 1. The molecule has 0 aliphatic heterocycles. The number of sulfonamides is 1. The molecular weight excluding hydrogens is 574 g/mol. The molecule has 0 aliphatic rings. The highest BCUT2D eigenvalue weighted by Crippen LogP contribution is 2.31. The SMILES string of the molecule is CCn1cc(C(=O)Nc2ccc(Oc3cc(NS(C)(=O)=O)cnc3C=CN)c(F)c2)c(=O)n(-c2ccc(F)cc2)c1=O. The quantitative estimate of drug-likeness (QED) is 0.264. The van der Waals surface area contributed by atoms with Gasteiger partial charge in [-0.1, -0.05) is 0 Å². The third-order valence-electron chi connectivity index (χ3n) is 5.67. The van der Waals surface area contributed by atoms with Crippen LogP contribution in [0.5, 0.6) is 11.5 Å². The van der Waals surface area contributed by atoms with Crippen molar-refractivity contribution < 1.29 is 26.7 Å². The first kappa shape index (κ1) is 29.7. The van der Waals surface area contributed by atoms with Gasteiger partial charge in [0.25, 0.3) is 11.5 Å². The molecule has 0 spiro atoms. The van der Waals surface area contributed by atoms with Gasteiger partial charge in [0.05, 0.1) is 23.8 Å². The highest BCUT2D eigenvalue weighted by Gasteiger charge is 2.19. The lowest BCUT2D eigenvalue weighted by molar-refractivity contribution is 0.102. The number of carbonyl (C=O) groups is 1. The van der Waals surface area contributed by atoms with Crippen molar-refractivity contribution in [2.75, 3.05) is 16.3 Å². The van der Waals surface area contributed by atoms with Crippen LogP contribution in [0, 0.1) is 11.6 Å². The molecule has 0 atom stereocenters. The normalized spacial score (nSPS) is 11.4. The van der Waals surface area contributed by atoms with Crippen molar-refractivity contribution in [1.82, 2.24) is 14.1 Å². The summed E-state index contributed by atoms with van der Waals surface area (Å²) in [5.74, 6) is -2.74. The van der Waals surface area contributed by atoms with E-state index in [-0.39, 0.29) is 40.8 Å². The van der Waals surface area contributed by atoms with Crippen LogP contribution in [0.1, 0.15) is 23.0 Å². The van der Waals surface area contributed by atoms with Gasteiger partial charge >= 0.3 is 5.69 Å². The van der Waals surface area contributed by atoms with Gasteiger partial charge in [-0.25, -0.2) is 26.6 Å². The van der Waals surface area contributed by atoms with E-state index < -0.39 is 44.4 Å². The molecule has 0 aliphatic carbocycles. The van der Waals surface area contributed by atoms with Gasteiger partial charge in [0.15, 0.2) is 17.3 Å². The summed E-state index contributed by atoms with van der Waals surface area (Å²) in [6.07, 6.45) is 5.79. The molecule has 42 heavy (non-hydrogen) atoms. The highest BCUT2D eigenvalue weighted by atomic mass is 32.2. The molecule has 0 saturated heterocycles. The van der Waals surface area contributed by atoms with Crippen LogP contribution in [0.2, 0.25) is 0 Å². The van der Waals surface area contributed by atoms with E-state index in [0.717, 1.165) is 39.8 Å². The number of halogens is 2. The molecule has 0 saturated carbocycles. The van der Waals surface area contributed by atoms with Crippen molar-refractivity contribution in [3.8, 4) is 17.2 Å². The molecule has 12 nitrogen and oxygen atoms in total. The summed E-state index contributed by atoms with van der Waals surface area (Å²) in [7, 11) is -3.63. The Labute approximate surface area is 237 Å². The maximum Gasteiger partial charge on any atom is 0.335 e. The molecule has 218 valence electrons. The van der Waals surface area contributed by atoms with Crippen LogP contribution in [-0.4, -0.2) is 34.7 Å². The van der Waals surface area contributed by atoms with Crippen LogP contribution < -0.4 is 31.8 Å². The number of nitrogens with zero attached hydrogens (tertiary/aromatic N) is 3. The Morgan fingerprint density at radius 2 is 1.79 bits per heavy atom. The van der Waals surface area contributed by atoms with Gasteiger partial charge in [-0.15, -0.1) is 0 Å². The number of aromatic nitrogens is 3. The van der Waals surface area contributed by atoms with E-state index in [1.807, 2.05) is 0 Å². The Hall–Kier alpha value is -5.31. The van der Waals surface area contributed by atoms with Crippen molar-refractivity contribution >= 4 is 33.4 Å². The smallest absolute Gasteiger partial charge is 0.335 e. The fourth-order valence-corrected chi connectivity index (χ4v) is 4.34. The summed E-state index contributed by atoms with van der Waals surface area (Å²) in [5.41, 5.74) is 3.59. The molecule has 4 aromatic rings. The molecule has 2 heterocycles. The summed E-state index contributed by atoms with van der Waals surface area (Å²) < 4.78 is 61.3. The van der Waals surface area contributed by atoms with Crippen LogP contribution in [0.3, 0.4) is 0 Å². The maximum absolute atomic E-state index is 15.1. The summed E-state index contributed by atoms with van der Waals surface area (Å²) in [6, 6.07) is 9.31. The van der Waals surface area contributed by atoms with E-state index in [1.165, 1.54) is 48.8 Å². The minimum absolute atomic E-state index is 0.0239. The topological polar surface area (TPSA) is 167 Å². The molecule has 1 amide bonds. The number of hydrogen-bond acceptors (Lipinski definition) is 8. The number of carbonyl (C=O) groups excluding carboxylic acids is 1. The van der Waals surface area contributed by atoms with Gasteiger partial charge in [0.1, 0.15) is 17.1 Å². The number of nitrogens with two attached hydrogens (primary N) is 1. The van der Waals surface area contributed by atoms with Crippen molar-refractivity contribution in [2.45, 2.75) is 13.5 Å². The summed E-state index contributed by atoms with van der Waals surface area (Å²) >= 11 is 0. The highest BCUT2D eigenvalue weighted by molar-refractivity contribution is 7.92. The molecule has 0 radical (unpaired) electrons. The minimum atomic E-state index is -3.63. The standard InChI is InChI=1S/C27H24F2N6O6S/c1-3-34-15-20(26(37)35(27(34)38)19-7-4-16(28)5-8-19)25(36)32-17-6-9-23(21(29)12-17)41-24-13-18(33-42(2,39)40)14-31-22(24)10-11-30/h4-15,33H,3,30H2,1-2H3,(H,32,36). The van der Waals surface area contributed by atoms with E-state index in [0.29, 0.717) is 0 Å². The number of amides is 1. The molecule has 4 rings (SSSR count). The van der Waals surface area contributed by atoms with Crippen LogP contribution in [0.15, 0.2) is 76.7 Å². The summed E-state index contributed by atoms with van der Waals surface area (Å²) in [5, 5.41) is 2.42. The third kappa shape index (κ3) is 6.69. The van der Waals surface area contributed by atoms with Crippen LogP contribution >= 0.6 is 0 Å². The lowest BCUT2D eigenvalue weighted by Crippen LogP contribution is -2.42. The molecular formula is C27H24F2N6O6S. The molecule has 2 aromatic carbocycles. The number of rotatable bonds is 9. The third-order valence-corrected chi connectivity index (χ3v) is 6.28. The average Bonchev–Trinajstić information content (AvgIpc) is 2.92. The lowest BCUT2D eigenvalue weighted by atomic mass is 10.2. The molecule has 2 aromatic heterocycles. The second kappa shape index (κ2) is 12.1. The van der Waals surface area contributed by atoms with E-state index in [2.05, 4.69) is 15.0 Å². The number of pyridine rings is 1. The molecule has 15 heteroatoms. The maximum atomic E-state index is 15.1. The van der Waals surface area contributed by atoms with E-state index in [4.69, 9.17) is 10.5 Å². The zero-order valence-corrected chi connectivity index (χ0v) is 23.0. The molecule has 0 fully saturated rings. The summed E-state index contributed by atoms with van der Waals surface area (Å²) in [6.45, 7) is 1.76. The van der Waals surface area contributed by atoms with Gasteiger partial charge in [-0.05, 0) is 55.6 Å². The Balaban J connectivity index is 1.63. The van der Waals surface area contributed by atoms with Gasteiger partial charge in [0, 0.05) is 30.6 Å². The second-order valence-electron chi connectivity index (χ2n) is 8.77. The van der Waals surface area contributed by atoms with Gasteiger partial charge in [0.2, 0.25) is 10.0 Å². The van der Waals surface area contributed by atoms with Crippen molar-refractivity contribution in [3.05, 3.63) is 111 Å². The lowest BCUT2D eigenvalue weighted by Gasteiger charge is -2.14. The predicted molar refractivity (Wildman–Crippen MR) is 152 cm³/mol. The summed E-state index contributed by atoms with van der Waals surface area (Å²) in [4.78, 5) is 43.1. The van der Waals surface area contributed by atoms with E-state index >= 15 is 4.39 Å². The Morgan fingerprint density at radius 1 is 1.07 bits per heavy atom. The second-order valence-corrected chi connectivity index (χ2v) is 10.5. The molecule has 0 bridgehead atoms. The Bertz CT molecular complexity index is 1920. The predicted octanol–water partition coefficient (Wildman–Crippen LogP) is 3.04. The molecule has 0 unspecified atom stereocenters. The van der Waals surface area contributed by atoms with Crippen molar-refractivity contribution in [1.29, 1.82) is 0 Å². The fraction of sp³-hybridized carbons (Fsp3) is 0.111. The van der Waals surface area contributed by atoms with Gasteiger partial charge in [-0.3, -0.25) is 23.9 Å². The number of hydrogen-bond donors (Lipinski definition) is 3. The number of aryl methyl sites for hydroxylation is 1. The first-order chi connectivity index (χ1) is 19.9. The van der Waals surface area contributed by atoms with Crippen LogP contribution in [0.4, 0.5) is 20.2 Å². The van der Waals surface area contributed by atoms with Crippen molar-refractivity contribution in [3.63, 3.8) is 0 Å². The van der Waals surface area contributed by atoms with Crippen molar-refractivity contribution in [2.24, 2.45) is 5.73 Å². The Kier molecular flexibility index (Phi) is 8.51. The van der Waals surface area contributed by atoms with E-state index in [9.17, 15) is 27.2 Å². The molecule has 4 N–H and O–H groups in total. The first-order valence-electron chi connectivity index (χ1n) is 12.2. The number of anilines is 2. The zero-order chi connectivity index (χ0) is 30.6. The number of nitrogens with one attached hydrogen (secondary N) is 2. The van der Waals surface area contributed by atoms with Gasteiger partial charge < -0.3 is 15.8 Å². The van der Waals surface area contributed by atoms with Gasteiger partial charge in [-0.2, -0.15) is 0 Å². The number of benzene rings is 2. The minimum Gasteiger partial charge on any atom is -0.452 e. The zero-order valence-electron chi connectivity index (χ0n) is 22.2. The largest absolute Gasteiger partial charge is 0.452 e. The Morgan fingerprint density at radius 3 is 2.40 bits per heavy atom. The average molecular weight is 599 g/mol. The van der Waals surface area contributed by atoms with Crippen LogP contribution in [0.25, 0.3) is 11.8 Å². The van der Waals surface area contributed by atoms with Crippen LogP contribution in [-0.2, 0) is 16.6 Å². The monoisotopic (exact) mass is 598 g/mol.